The van der Waals surface area contributed by atoms with Crippen LogP contribution in [0.4, 0.5) is 0 Å². The van der Waals surface area contributed by atoms with Gasteiger partial charge in [-0.1, -0.05) is 48.6 Å². The van der Waals surface area contributed by atoms with E-state index in [0.29, 0.717) is 6.54 Å². The van der Waals surface area contributed by atoms with Crippen LogP contribution in [0, 0.1) is 11.3 Å². The molecule has 144 valence electrons. The SMILES string of the molecule is Cl.N#Cc1ccc(C(O)(C(N)=O)c2ccccc2)c(OC(=O)C2C=CCN2)c1. The molecule has 1 amide bonds. The van der Waals surface area contributed by atoms with Crippen LogP contribution in [0.15, 0.2) is 60.7 Å². The van der Waals surface area contributed by atoms with Crippen LogP contribution in [0.5, 0.6) is 5.75 Å². The lowest BCUT2D eigenvalue weighted by atomic mass is 9.84. The largest absolute Gasteiger partial charge is 0.425 e. The molecule has 1 heterocycles. The average molecular weight is 400 g/mol. The zero-order valence-corrected chi connectivity index (χ0v) is 15.5. The maximum atomic E-state index is 12.4. The van der Waals surface area contributed by atoms with Crippen molar-refractivity contribution in [1.82, 2.24) is 5.32 Å². The number of nitrogens with zero attached hydrogens (tertiary/aromatic N) is 1. The molecule has 2 aromatic carbocycles. The predicted octanol–water partition coefficient (Wildman–Crippen LogP) is 1.13. The van der Waals surface area contributed by atoms with E-state index in [1.54, 1.807) is 30.4 Å². The van der Waals surface area contributed by atoms with Gasteiger partial charge in [-0.05, 0) is 17.7 Å². The number of nitriles is 1. The molecular weight excluding hydrogens is 382 g/mol. The Hall–Kier alpha value is -3.18. The summed E-state index contributed by atoms with van der Waals surface area (Å²) in [5, 5.41) is 23.2. The van der Waals surface area contributed by atoms with Crippen molar-refractivity contribution in [3.63, 3.8) is 0 Å². The molecule has 28 heavy (non-hydrogen) atoms. The van der Waals surface area contributed by atoms with Crippen LogP contribution in [-0.2, 0) is 15.2 Å². The van der Waals surface area contributed by atoms with Gasteiger partial charge in [0.1, 0.15) is 11.8 Å². The molecule has 7 nitrogen and oxygen atoms in total. The standard InChI is InChI=1S/C20H17N3O4.ClH/c21-12-13-8-9-15(17(11-13)27-18(24)16-7-4-10-23-16)20(26,19(22)25)14-5-2-1-3-6-14;/h1-9,11,16,23,26H,10H2,(H2,22,25);1H. The number of ether oxygens (including phenoxy) is 1. The number of halogens is 1. The first kappa shape index (κ1) is 21.1. The maximum Gasteiger partial charge on any atom is 0.332 e. The highest BCUT2D eigenvalue weighted by Gasteiger charge is 2.41. The third kappa shape index (κ3) is 3.89. The van der Waals surface area contributed by atoms with E-state index in [4.69, 9.17) is 15.7 Å². The predicted molar refractivity (Wildman–Crippen MR) is 104 cm³/mol. The fraction of sp³-hybridized carbons (Fsp3) is 0.150. The molecule has 2 atom stereocenters. The fourth-order valence-corrected chi connectivity index (χ4v) is 2.89. The van der Waals surface area contributed by atoms with E-state index in [-0.39, 0.29) is 34.8 Å². The number of benzene rings is 2. The molecule has 0 radical (unpaired) electrons. The van der Waals surface area contributed by atoms with E-state index in [2.05, 4.69) is 5.32 Å². The Labute approximate surface area is 167 Å². The summed E-state index contributed by atoms with van der Waals surface area (Å²) < 4.78 is 5.42. The van der Waals surface area contributed by atoms with Crippen molar-refractivity contribution in [2.24, 2.45) is 5.73 Å². The Morgan fingerprint density at radius 3 is 2.54 bits per heavy atom. The minimum absolute atomic E-state index is 0. The summed E-state index contributed by atoms with van der Waals surface area (Å²) in [4.78, 5) is 24.6. The van der Waals surface area contributed by atoms with Crippen LogP contribution < -0.4 is 15.8 Å². The van der Waals surface area contributed by atoms with Gasteiger partial charge < -0.3 is 15.6 Å². The first-order chi connectivity index (χ1) is 13.0. The summed E-state index contributed by atoms with van der Waals surface area (Å²) in [5.41, 5.74) is 3.68. The molecule has 0 saturated carbocycles. The number of carbonyl (C=O) groups is 2. The number of nitrogens with two attached hydrogens (primary N) is 1. The van der Waals surface area contributed by atoms with Crippen molar-refractivity contribution in [1.29, 1.82) is 5.26 Å². The van der Waals surface area contributed by atoms with Crippen LogP contribution in [-0.4, -0.2) is 29.6 Å². The second-order valence-corrected chi connectivity index (χ2v) is 6.00. The lowest BCUT2D eigenvalue weighted by molar-refractivity contribution is -0.137. The molecule has 0 aliphatic carbocycles. The van der Waals surface area contributed by atoms with Gasteiger partial charge in [-0.2, -0.15) is 5.26 Å². The summed E-state index contributed by atoms with van der Waals surface area (Å²) >= 11 is 0. The number of carbonyl (C=O) groups excluding carboxylic acids is 2. The number of esters is 1. The lowest BCUT2D eigenvalue weighted by Crippen LogP contribution is -2.43. The molecule has 2 aromatic rings. The van der Waals surface area contributed by atoms with E-state index >= 15 is 0 Å². The first-order valence-electron chi connectivity index (χ1n) is 8.21. The van der Waals surface area contributed by atoms with Gasteiger partial charge in [0.05, 0.1) is 11.6 Å². The Balaban J connectivity index is 0.00000280. The summed E-state index contributed by atoms with van der Waals surface area (Å²) in [6.07, 6.45) is 3.43. The average Bonchev–Trinajstić information content (AvgIpc) is 3.23. The minimum atomic E-state index is -2.23. The van der Waals surface area contributed by atoms with E-state index in [9.17, 15) is 14.7 Å². The smallest absolute Gasteiger partial charge is 0.332 e. The summed E-state index contributed by atoms with van der Waals surface area (Å²) in [6.45, 7) is 0.528. The van der Waals surface area contributed by atoms with Gasteiger partial charge in [0.15, 0.2) is 5.60 Å². The Morgan fingerprint density at radius 1 is 1.25 bits per heavy atom. The number of hydrogen-bond donors (Lipinski definition) is 3. The summed E-state index contributed by atoms with van der Waals surface area (Å²) in [7, 11) is 0. The van der Waals surface area contributed by atoms with Crippen molar-refractivity contribution in [3.8, 4) is 11.8 Å². The molecule has 2 unspecified atom stereocenters. The van der Waals surface area contributed by atoms with Gasteiger partial charge in [0.25, 0.3) is 5.91 Å². The van der Waals surface area contributed by atoms with Crippen LogP contribution in [0.1, 0.15) is 16.7 Å². The molecule has 1 aliphatic heterocycles. The number of aliphatic hydroxyl groups is 1. The zero-order valence-electron chi connectivity index (χ0n) is 14.7. The third-order valence-corrected chi connectivity index (χ3v) is 4.30. The van der Waals surface area contributed by atoms with Crippen molar-refractivity contribution >= 4 is 24.3 Å². The lowest BCUT2D eigenvalue weighted by Gasteiger charge is -2.27. The van der Waals surface area contributed by atoms with Crippen LogP contribution in [0.25, 0.3) is 0 Å². The third-order valence-electron chi connectivity index (χ3n) is 4.30. The monoisotopic (exact) mass is 399 g/mol. The van der Waals surface area contributed by atoms with Crippen LogP contribution >= 0.6 is 12.4 Å². The fourth-order valence-electron chi connectivity index (χ4n) is 2.89. The van der Waals surface area contributed by atoms with E-state index < -0.39 is 23.5 Å². The Bertz CT molecular complexity index is 956. The maximum absolute atomic E-state index is 12.4. The van der Waals surface area contributed by atoms with Crippen LogP contribution in [0.3, 0.4) is 0 Å². The van der Waals surface area contributed by atoms with Crippen molar-refractivity contribution in [2.45, 2.75) is 11.6 Å². The Kier molecular flexibility index (Phi) is 6.54. The molecule has 0 bridgehead atoms. The van der Waals surface area contributed by atoms with Gasteiger partial charge in [0, 0.05) is 12.1 Å². The van der Waals surface area contributed by atoms with Crippen molar-refractivity contribution in [3.05, 3.63) is 77.4 Å². The van der Waals surface area contributed by atoms with E-state index in [0.717, 1.165) is 0 Å². The number of rotatable bonds is 5. The summed E-state index contributed by atoms with van der Waals surface area (Å²) in [5.74, 6) is -1.76. The molecule has 0 spiro atoms. The molecule has 4 N–H and O–H groups in total. The highest BCUT2D eigenvalue weighted by Crippen LogP contribution is 2.36. The van der Waals surface area contributed by atoms with Gasteiger partial charge in [0.2, 0.25) is 0 Å². The Morgan fingerprint density at radius 2 is 1.96 bits per heavy atom. The highest BCUT2D eigenvalue weighted by atomic mass is 35.5. The second kappa shape index (κ2) is 8.67. The highest BCUT2D eigenvalue weighted by molar-refractivity contribution is 5.90. The molecule has 1 aliphatic rings. The normalized spacial score (nSPS) is 17.1. The molecule has 8 heteroatoms. The molecule has 3 rings (SSSR count). The number of nitrogens with one attached hydrogen (secondary N) is 1. The first-order valence-corrected chi connectivity index (χ1v) is 8.21. The molecule has 0 aromatic heterocycles. The quantitative estimate of drug-likeness (QED) is 0.393. The molecular formula is C20H18ClN3O4. The van der Waals surface area contributed by atoms with E-state index in [1.165, 1.54) is 30.3 Å². The molecule has 0 saturated heterocycles. The van der Waals surface area contributed by atoms with Crippen LogP contribution in [0.2, 0.25) is 0 Å². The van der Waals surface area contributed by atoms with Gasteiger partial charge in [-0.25, -0.2) is 4.79 Å². The number of primary amides is 1. The van der Waals surface area contributed by atoms with Gasteiger partial charge >= 0.3 is 5.97 Å². The zero-order chi connectivity index (χ0) is 19.4. The summed E-state index contributed by atoms with van der Waals surface area (Å²) in [6, 6.07) is 13.4. The number of amides is 1. The van der Waals surface area contributed by atoms with Crippen molar-refractivity contribution in [2.75, 3.05) is 6.54 Å². The van der Waals surface area contributed by atoms with Gasteiger partial charge in [-0.15, -0.1) is 12.4 Å². The number of hydrogen-bond acceptors (Lipinski definition) is 6. The topological polar surface area (TPSA) is 125 Å². The second-order valence-electron chi connectivity index (χ2n) is 6.00. The van der Waals surface area contributed by atoms with Gasteiger partial charge in [-0.3, -0.25) is 10.1 Å². The van der Waals surface area contributed by atoms with Crippen molar-refractivity contribution < 1.29 is 19.4 Å². The van der Waals surface area contributed by atoms with E-state index in [1.807, 2.05) is 6.07 Å². The minimum Gasteiger partial charge on any atom is -0.425 e. The molecule has 0 fully saturated rings.